The maximum absolute atomic E-state index is 13.8. The van der Waals surface area contributed by atoms with Crippen LogP contribution in [-0.4, -0.2) is 43.2 Å². The molecule has 1 aliphatic heterocycles. The Morgan fingerprint density at radius 2 is 2.26 bits per heavy atom. The van der Waals surface area contributed by atoms with E-state index in [4.69, 9.17) is 0 Å². The number of pyridine rings is 1. The van der Waals surface area contributed by atoms with Gasteiger partial charge in [-0.1, -0.05) is 0 Å². The van der Waals surface area contributed by atoms with E-state index in [2.05, 4.69) is 27.5 Å². The van der Waals surface area contributed by atoms with Crippen LogP contribution in [0.4, 0.5) is 10.2 Å². The number of hydrogen-bond donors (Lipinski definition) is 2. The standard InChI is InChI=1S/C16H24FN5.HI/c1-2-18-16(20-10-12-5-6-12)21-13-7-9-22(11-13)15-14(17)4-3-8-19-15;/h3-4,8,12-13H,2,5-7,9-11H2,1H3,(H2,18,20,21);1H. The van der Waals surface area contributed by atoms with E-state index in [1.165, 1.54) is 18.9 Å². The van der Waals surface area contributed by atoms with Crippen molar-refractivity contribution in [3.05, 3.63) is 24.1 Å². The second-order valence-corrected chi connectivity index (χ2v) is 6.05. The van der Waals surface area contributed by atoms with E-state index in [-0.39, 0.29) is 35.8 Å². The highest BCUT2D eigenvalue weighted by Gasteiger charge is 2.26. The van der Waals surface area contributed by atoms with Crippen molar-refractivity contribution in [2.75, 3.05) is 31.1 Å². The Labute approximate surface area is 154 Å². The molecular formula is C16H25FIN5. The lowest BCUT2D eigenvalue weighted by Crippen LogP contribution is -2.44. The van der Waals surface area contributed by atoms with Crippen molar-refractivity contribution < 1.29 is 4.39 Å². The first-order valence-electron chi connectivity index (χ1n) is 8.16. The second-order valence-electron chi connectivity index (χ2n) is 6.05. The van der Waals surface area contributed by atoms with Crippen molar-refractivity contribution in [3.63, 3.8) is 0 Å². The molecule has 0 spiro atoms. The Balaban J connectivity index is 0.00000192. The van der Waals surface area contributed by atoms with Crippen molar-refractivity contribution in [2.45, 2.75) is 32.2 Å². The predicted molar refractivity (Wildman–Crippen MR) is 102 cm³/mol. The minimum absolute atomic E-state index is 0. The molecule has 3 rings (SSSR count). The summed E-state index contributed by atoms with van der Waals surface area (Å²) in [5.74, 6) is 1.85. The van der Waals surface area contributed by atoms with E-state index in [1.54, 1.807) is 12.3 Å². The minimum Gasteiger partial charge on any atom is -0.357 e. The average Bonchev–Trinajstić information content (AvgIpc) is 3.24. The first kappa shape index (κ1) is 18.2. The van der Waals surface area contributed by atoms with Crippen molar-refractivity contribution in [1.29, 1.82) is 0 Å². The first-order valence-corrected chi connectivity index (χ1v) is 8.16. The van der Waals surface area contributed by atoms with Gasteiger partial charge in [-0.15, -0.1) is 24.0 Å². The number of aliphatic imine (C=N–C) groups is 1. The highest BCUT2D eigenvalue weighted by molar-refractivity contribution is 14.0. The number of hydrogen-bond acceptors (Lipinski definition) is 3. The molecule has 1 saturated carbocycles. The molecule has 1 aromatic rings. The molecule has 0 aromatic carbocycles. The van der Waals surface area contributed by atoms with Gasteiger partial charge in [0.05, 0.1) is 0 Å². The van der Waals surface area contributed by atoms with Gasteiger partial charge in [-0.25, -0.2) is 9.37 Å². The summed E-state index contributed by atoms with van der Waals surface area (Å²) in [4.78, 5) is 10.8. The van der Waals surface area contributed by atoms with Crippen LogP contribution in [-0.2, 0) is 0 Å². The van der Waals surface area contributed by atoms with E-state index in [9.17, 15) is 4.39 Å². The quantitative estimate of drug-likeness (QED) is 0.426. The zero-order valence-electron chi connectivity index (χ0n) is 13.5. The van der Waals surface area contributed by atoms with E-state index < -0.39 is 0 Å². The van der Waals surface area contributed by atoms with Crippen LogP contribution in [0.25, 0.3) is 0 Å². The summed E-state index contributed by atoms with van der Waals surface area (Å²) < 4.78 is 13.8. The lowest BCUT2D eigenvalue weighted by atomic mass is 10.3. The predicted octanol–water partition coefficient (Wildman–Crippen LogP) is 2.38. The molecule has 1 aromatic heterocycles. The maximum Gasteiger partial charge on any atom is 0.191 e. The Bertz CT molecular complexity index is 535. The van der Waals surface area contributed by atoms with Crippen LogP contribution in [0.1, 0.15) is 26.2 Å². The fourth-order valence-electron chi connectivity index (χ4n) is 2.71. The summed E-state index contributed by atoms with van der Waals surface area (Å²) in [5.41, 5.74) is 0. The third-order valence-electron chi connectivity index (χ3n) is 4.12. The summed E-state index contributed by atoms with van der Waals surface area (Å²) >= 11 is 0. The zero-order chi connectivity index (χ0) is 15.4. The molecule has 1 unspecified atom stereocenters. The van der Waals surface area contributed by atoms with Gasteiger partial charge < -0.3 is 15.5 Å². The molecule has 128 valence electrons. The normalized spacial score (nSPS) is 21.0. The molecule has 2 N–H and O–H groups in total. The molecule has 23 heavy (non-hydrogen) atoms. The van der Waals surface area contributed by atoms with Gasteiger partial charge in [0.25, 0.3) is 0 Å². The maximum atomic E-state index is 13.8. The monoisotopic (exact) mass is 433 g/mol. The zero-order valence-corrected chi connectivity index (χ0v) is 15.8. The minimum atomic E-state index is -0.252. The van der Waals surface area contributed by atoms with Crippen LogP contribution < -0.4 is 15.5 Å². The molecule has 2 fully saturated rings. The van der Waals surface area contributed by atoms with Crippen LogP contribution >= 0.6 is 24.0 Å². The van der Waals surface area contributed by atoms with Crippen molar-refractivity contribution >= 4 is 35.8 Å². The summed E-state index contributed by atoms with van der Waals surface area (Å²) in [7, 11) is 0. The van der Waals surface area contributed by atoms with Gasteiger partial charge in [0.2, 0.25) is 0 Å². The Morgan fingerprint density at radius 1 is 1.43 bits per heavy atom. The lowest BCUT2D eigenvalue weighted by molar-refractivity contribution is 0.612. The number of rotatable bonds is 5. The van der Waals surface area contributed by atoms with Gasteiger partial charge in [-0.05, 0) is 44.2 Å². The van der Waals surface area contributed by atoms with Crippen molar-refractivity contribution in [3.8, 4) is 0 Å². The van der Waals surface area contributed by atoms with E-state index in [0.29, 0.717) is 5.82 Å². The molecule has 1 atom stereocenters. The molecule has 0 radical (unpaired) electrons. The van der Waals surface area contributed by atoms with Gasteiger partial charge in [-0.2, -0.15) is 0 Å². The smallest absolute Gasteiger partial charge is 0.191 e. The Kier molecular flexibility index (Phi) is 6.86. The van der Waals surface area contributed by atoms with Crippen LogP contribution in [0.2, 0.25) is 0 Å². The molecule has 1 saturated heterocycles. The summed E-state index contributed by atoms with van der Waals surface area (Å²) in [5, 5.41) is 6.76. The molecule has 5 nitrogen and oxygen atoms in total. The molecule has 7 heteroatoms. The summed E-state index contributed by atoms with van der Waals surface area (Å²) in [6, 6.07) is 3.36. The molecule has 2 aliphatic rings. The Hall–Kier alpha value is -1.12. The topological polar surface area (TPSA) is 52.6 Å². The third kappa shape index (κ3) is 5.19. The summed E-state index contributed by atoms with van der Waals surface area (Å²) in [6.07, 6.45) is 5.21. The van der Waals surface area contributed by atoms with E-state index in [0.717, 1.165) is 44.5 Å². The van der Waals surface area contributed by atoms with Gasteiger partial charge in [0.15, 0.2) is 17.6 Å². The van der Waals surface area contributed by atoms with Crippen molar-refractivity contribution in [2.24, 2.45) is 10.9 Å². The van der Waals surface area contributed by atoms with E-state index >= 15 is 0 Å². The first-order chi connectivity index (χ1) is 10.8. The van der Waals surface area contributed by atoms with E-state index in [1.807, 2.05) is 4.90 Å². The fraction of sp³-hybridized carbons (Fsp3) is 0.625. The van der Waals surface area contributed by atoms with Gasteiger partial charge in [-0.3, -0.25) is 4.99 Å². The molecule has 0 bridgehead atoms. The third-order valence-corrected chi connectivity index (χ3v) is 4.12. The van der Waals surface area contributed by atoms with Gasteiger partial charge >= 0.3 is 0 Å². The lowest BCUT2D eigenvalue weighted by Gasteiger charge is -2.19. The highest BCUT2D eigenvalue weighted by Crippen LogP contribution is 2.28. The van der Waals surface area contributed by atoms with Crippen LogP contribution in [0.5, 0.6) is 0 Å². The number of anilines is 1. The summed E-state index contributed by atoms with van der Waals surface area (Å²) in [6.45, 7) is 5.39. The molecule has 2 heterocycles. The average molecular weight is 433 g/mol. The SMILES string of the molecule is CCNC(=NCC1CC1)NC1CCN(c2ncccc2F)C1.I. The van der Waals surface area contributed by atoms with Crippen LogP contribution in [0.15, 0.2) is 23.3 Å². The molecule has 1 aliphatic carbocycles. The van der Waals surface area contributed by atoms with Gasteiger partial charge in [0.1, 0.15) is 0 Å². The highest BCUT2D eigenvalue weighted by atomic mass is 127. The van der Waals surface area contributed by atoms with Crippen LogP contribution in [0.3, 0.4) is 0 Å². The number of halogens is 2. The fourth-order valence-corrected chi connectivity index (χ4v) is 2.71. The molecule has 0 amide bonds. The number of nitrogens with one attached hydrogen (secondary N) is 2. The van der Waals surface area contributed by atoms with Crippen molar-refractivity contribution in [1.82, 2.24) is 15.6 Å². The van der Waals surface area contributed by atoms with Crippen LogP contribution in [0, 0.1) is 11.7 Å². The second kappa shape index (κ2) is 8.65. The number of nitrogens with zero attached hydrogens (tertiary/aromatic N) is 3. The van der Waals surface area contributed by atoms with Gasteiger partial charge in [0, 0.05) is 38.4 Å². The number of guanidine groups is 1. The Morgan fingerprint density at radius 3 is 2.96 bits per heavy atom. The largest absolute Gasteiger partial charge is 0.357 e. The number of aromatic nitrogens is 1. The molecular weight excluding hydrogens is 408 g/mol.